The first kappa shape index (κ1) is 31.6. The van der Waals surface area contributed by atoms with Gasteiger partial charge < -0.3 is 9.64 Å². The zero-order valence-corrected chi connectivity index (χ0v) is 20.6. The van der Waals surface area contributed by atoms with Gasteiger partial charge in [0.25, 0.3) is 0 Å². The summed E-state index contributed by atoms with van der Waals surface area (Å²) < 4.78 is 67.4. The Morgan fingerprint density at radius 1 is 0.531 bits per heavy atom. The molecule has 2 nitrogen and oxygen atoms in total. The van der Waals surface area contributed by atoms with Crippen LogP contribution < -0.4 is 0 Å². The molecule has 0 aliphatic rings. The lowest BCUT2D eigenvalue weighted by atomic mass is 10.1. The second-order valence-electron chi connectivity index (χ2n) is 9.05. The Hall–Kier alpha value is -0.430. The number of alkyl halides is 5. The van der Waals surface area contributed by atoms with Crippen molar-refractivity contribution in [2.45, 2.75) is 129 Å². The van der Waals surface area contributed by atoms with Crippen LogP contribution >= 0.6 is 0 Å². The van der Waals surface area contributed by atoms with Gasteiger partial charge in [0.05, 0.1) is 6.61 Å². The number of unbranched alkanes of at least 4 members (excludes halogenated alkanes) is 14. The third kappa shape index (κ3) is 18.0. The topological polar surface area (TPSA) is 12.5 Å². The fourth-order valence-electron chi connectivity index (χ4n) is 3.75. The number of hydrogen-bond acceptors (Lipinski definition) is 2. The van der Waals surface area contributed by atoms with E-state index in [-0.39, 0.29) is 6.61 Å². The van der Waals surface area contributed by atoms with Gasteiger partial charge in [-0.25, -0.2) is 0 Å². The van der Waals surface area contributed by atoms with Gasteiger partial charge in [0.2, 0.25) is 0 Å². The van der Waals surface area contributed by atoms with Crippen molar-refractivity contribution in [1.29, 1.82) is 0 Å². The SMILES string of the molecule is CCCCCCCCCCN(CCCCCCCCCC)CCOCC(F)(F)C(F)(F)F. The fraction of sp³-hybridized carbons (Fsp3) is 1.00. The van der Waals surface area contributed by atoms with Crippen LogP contribution in [-0.4, -0.2) is 49.8 Å². The summed E-state index contributed by atoms with van der Waals surface area (Å²) in [6, 6.07) is 0. The van der Waals surface area contributed by atoms with Gasteiger partial charge in [0.15, 0.2) is 0 Å². The molecular weight excluding hydrogens is 425 g/mol. The minimum atomic E-state index is -5.55. The summed E-state index contributed by atoms with van der Waals surface area (Å²) in [7, 11) is 0. The van der Waals surface area contributed by atoms with Crippen LogP contribution in [0.1, 0.15) is 117 Å². The molecule has 0 heterocycles. The molecule has 0 amide bonds. The summed E-state index contributed by atoms with van der Waals surface area (Å²) in [6.45, 7) is 4.82. The summed E-state index contributed by atoms with van der Waals surface area (Å²) in [5.74, 6) is -4.78. The van der Waals surface area contributed by atoms with Crippen LogP contribution in [0.25, 0.3) is 0 Å². The Morgan fingerprint density at radius 2 is 0.906 bits per heavy atom. The first-order valence-electron chi connectivity index (χ1n) is 13.0. The summed E-state index contributed by atoms with van der Waals surface area (Å²) in [6.07, 6.45) is 13.9. The second-order valence-corrected chi connectivity index (χ2v) is 9.05. The molecule has 32 heavy (non-hydrogen) atoms. The van der Waals surface area contributed by atoms with Crippen molar-refractivity contribution in [1.82, 2.24) is 4.90 Å². The van der Waals surface area contributed by atoms with Gasteiger partial charge in [-0.1, -0.05) is 104 Å². The molecule has 0 radical (unpaired) electrons. The molecule has 194 valence electrons. The Balaban J connectivity index is 4.12. The monoisotopic (exact) mass is 473 g/mol. The molecule has 0 unspecified atom stereocenters. The molecule has 0 spiro atoms. The van der Waals surface area contributed by atoms with E-state index in [4.69, 9.17) is 4.74 Å². The summed E-state index contributed by atoms with van der Waals surface area (Å²) in [5, 5.41) is 0. The van der Waals surface area contributed by atoms with E-state index in [0.717, 1.165) is 38.8 Å². The van der Waals surface area contributed by atoms with Crippen LogP contribution in [0.5, 0.6) is 0 Å². The van der Waals surface area contributed by atoms with Gasteiger partial charge >= 0.3 is 12.1 Å². The van der Waals surface area contributed by atoms with E-state index in [1.807, 2.05) is 0 Å². The van der Waals surface area contributed by atoms with E-state index >= 15 is 0 Å². The van der Waals surface area contributed by atoms with E-state index in [1.165, 1.54) is 77.0 Å². The average molecular weight is 474 g/mol. The second kappa shape index (κ2) is 20.0. The zero-order valence-electron chi connectivity index (χ0n) is 20.6. The predicted molar refractivity (Wildman–Crippen MR) is 123 cm³/mol. The van der Waals surface area contributed by atoms with Crippen LogP contribution in [-0.2, 0) is 4.74 Å². The van der Waals surface area contributed by atoms with Gasteiger partial charge in [-0.15, -0.1) is 0 Å². The lowest BCUT2D eigenvalue weighted by Crippen LogP contribution is -2.41. The number of ether oxygens (including phenoxy) is 1. The summed E-state index contributed by atoms with van der Waals surface area (Å²) in [4.78, 5) is 2.17. The van der Waals surface area contributed by atoms with E-state index in [0.29, 0.717) is 6.54 Å². The molecule has 0 aromatic heterocycles. The highest BCUT2D eigenvalue weighted by Gasteiger charge is 2.57. The highest BCUT2D eigenvalue weighted by Crippen LogP contribution is 2.35. The molecular formula is C25H48F5NO. The van der Waals surface area contributed by atoms with Crippen LogP contribution in [0, 0.1) is 0 Å². The number of hydrogen-bond donors (Lipinski definition) is 0. The van der Waals surface area contributed by atoms with E-state index in [2.05, 4.69) is 18.7 Å². The van der Waals surface area contributed by atoms with E-state index < -0.39 is 18.7 Å². The number of rotatable bonds is 23. The van der Waals surface area contributed by atoms with Crippen molar-refractivity contribution in [3.05, 3.63) is 0 Å². The molecule has 0 rings (SSSR count). The maximum atomic E-state index is 13.0. The van der Waals surface area contributed by atoms with Gasteiger partial charge in [-0.2, -0.15) is 22.0 Å². The smallest absolute Gasteiger partial charge is 0.373 e. The molecule has 0 N–H and O–H groups in total. The Morgan fingerprint density at radius 3 is 1.28 bits per heavy atom. The maximum Gasteiger partial charge on any atom is 0.455 e. The van der Waals surface area contributed by atoms with Crippen LogP contribution in [0.4, 0.5) is 22.0 Å². The normalized spacial score (nSPS) is 12.8. The summed E-state index contributed by atoms with van der Waals surface area (Å²) in [5.41, 5.74) is 0. The quantitative estimate of drug-likeness (QED) is 0.109. The van der Waals surface area contributed by atoms with Crippen molar-refractivity contribution >= 4 is 0 Å². The minimum absolute atomic E-state index is 0.0975. The maximum absolute atomic E-state index is 13.0. The standard InChI is InChI=1S/C25H48F5NO/c1-3-5-7-9-11-13-15-17-19-31(20-18-16-14-12-10-8-6-4-2)21-22-32-23-24(26,27)25(28,29)30/h3-23H2,1-2H3. The van der Waals surface area contributed by atoms with Gasteiger partial charge in [-0.3, -0.25) is 0 Å². The molecule has 0 aromatic rings. The first-order chi connectivity index (χ1) is 15.2. The van der Waals surface area contributed by atoms with Crippen molar-refractivity contribution < 1.29 is 26.7 Å². The molecule has 0 aliphatic heterocycles. The molecule has 0 aliphatic carbocycles. The molecule has 0 saturated carbocycles. The van der Waals surface area contributed by atoms with Crippen LogP contribution in [0.2, 0.25) is 0 Å². The third-order valence-corrected chi connectivity index (χ3v) is 5.91. The predicted octanol–water partition coefficient (Wildman–Crippen LogP) is 8.78. The van der Waals surface area contributed by atoms with Gasteiger partial charge in [0.1, 0.15) is 6.61 Å². The Labute approximate surface area is 193 Å². The fourth-order valence-corrected chi connectivity index (χ4v) is 3.75. The molecule has 7 heteroatoms. The molecule has 0 bridgehead atoms. The number of halogens is 5. The van der Waals surface area contributed by atoms with E-state index in [9.17, 15) is 22.0 Å². The molecule has 0 fully saturated rings. The number of nitrogens with zero attached hydrogens (tertiary/aromatic N) is 1. The Kier molecular flexibility index (Phi) is 19.7. The lowest BCUT2D eigenvalue weighted by molar-refractivity contribution is -0.296. The van der Waals surface area contributed by atoms with Gasteiger partial charge in [-0.05, 0) is 25.9 Å². The molecule has 0 atom stereocenters. The van der Waals surface area contributed by atoms with Crippen molar-refractivity contribution in [2.75, 3.05) is 32.8 Å². The highest BCUT2D eigenvalue weighted by atomic mass is 19.4. The van der Waals surface area contributed by atoms with Crippen LogP contribution in [0.15, 0.2) is 0 Å². The van der Waals surface area contributed by atoms with Crippen molar-refractivity contribution in [2.24, 2.45) is 0 Å². The first-order valence-corrected chi connectivity index (χ1v) is 13.0. The highest BCUT2D eigenvalue weighted by molar-refractivity contribution is 4.75. The minimum Gasteiger partial charge on any atom is -0.373 e. The van der Waals surface area contributed by atoms with Crippen molar-refractivity contribution in [3.8, 4) is 0 Å². The largest absolute Gasteiger partial charge is 0.455 e. The third-order valence-electron chi connectivity index (χ3n) is 5.91. The molecule has 0 aromatic carbocycles. The Bertz CT molecular complexity index is 384. The zero-order chi connectivity index (χ0) is 24.1. The summed E-state index contributed by atoms with van der Waals surface area (Å²) >= 11 is 0. The van der Waals surface area contributed by atoms with E-state index in [1.54, 1.807) is 0 Å². The van der Waals surface area contributed by atoms with Gasteiger partial charge in [0, 0.05) is 6.54 Å². The molecule has 0 saturated heterocycles. The van der Waals surface area contributed by atoms with Crippen LogP contribution in [0.3, 0.4) is 0 Å². The lowest BCUT2D eigenvalue weighted by Gasteiger charge is -2.24. The average Bonchev–Trinajstić information content (AvgIpc) is 2.73. The van der Waals surface area contributed by atoms with Crippen molar-refractivity contribution in [3.63, 3.8) is 0 Å².